The van der Waals surface area contributed by atoms with Gasteiger partial charge in [0.15, 0.2) is 0 Å². The second-order valence-electron chi connectivity index (χ2n) is 7.29. The topological polar surface area (TPSA) is 73.9 Å². The lowest BCUT2D eigenvalue weighted by Crippen LogP contribution is -2.39. The number of hydrogen-bond donors (Lipinski definition) is 1. The van der Waals surface area contributed by atoms with E-state index in [4.69, 9.17) is 9.47 Å². The number of ether oxygens (including phenoxy) is 2. The Bertz CT molecular complexity index is 794. The Morgan fingerprint density at radius 3 is 2.76 bits per heavy atom. The van der Waals surface area contributed by atoms with Gasteiger partial charge < -0.3 is 29.6 Å². The van der Waals surface area contributed by atoms with Gasteiger partial charge in [-0.3, -0.25) is 0 Å². The first kappa shape index (κ1) is 21.0. The Morgan fingerprint density at radius 2 is 2.03 bits per heavy atom. The van der Waals surface area contributed by atoms with Crippen molar-refractivity contribution in [3.63, 3.8) is 0 Å². The third-order valence-corrected chi connectivity index (χ3v) is 4.95. The van der Waals surface area contributed by atoms with Crippen molar-refractivity contribution >= 4 is 17.3 Å². The number of carbonyl (C=O) groups excluding carboxylic acids is 1. The fourth-order valence-electron chi connectivity index (χ4n) is 3.58. The average molecular weight is 397 g/mol. The zero-order valence-corrected chi connectivity index (χ0v) is 17.1. The monoisotopic (exact) mass is 397 g/mol. The maximum atomic E-state index is 11.1. The summed E-state index contributed by atoms with van der Waals surface area (Å²) < 4.78 is 11.1. The Balaban J connectivity index is 1.46. The number of nitrogens with one attached hydrogen (secondary N) is 1. The van der Waals surface area contributed by atoms with E-state index in [1.165, 1.54) is 0 Å². The number of fused-ring (bicyclic) bond motifs is 1. The number of carboxylic acids is 1. The summed E-state index contributed by atoms with van der Waals surface area (Å²) in [4.78, 5) is 13.5. The van der Waals surface area contributed by atoms with Gasteiger partial charge >= 0.3 is 0 Å². The molecule has 1 N–H and O–H groups in total. The van der Waals surface area contributed by atoms with E-state index in [2.05, 4.69) is 23.2 Å². The molecular weight excluding hydrogens is 368 g/mol. The molecule has 6 nitrogen and oxygen atoms in total. The minimum Gasteiger partial charge on any atom is -0.547 e. The van der Waals surface area contributed by atoms with Gasteiger partial charge in [0.05, 0.1) is 18.2 Å². The maximum absolute atomic E-state index is 11.1. The highest BCUT2D eigenvalue weighted by Gasteiger charge is 2.21. The molecule has 0 saturated carbocycles. The Hall–Kier alpha value is -2.73. The molecule has 0 saturated heterocycles. The first-order chi connectivity index (χ1) is 14.1. The highest BCUT2D eigenvalue weighted by atomic mass is 16.5. The maximum Gasteiger partial charge on any atom is 0.143 e. The van der Waals surface area contributed by atoms with Crippen LogP contribution in [0.4, 0.5) is 11.4 Å². The molecule has 6 heteroatoms. The van der Waals surface area contributed by atoms with Crippen LogP contribution in [0.3, 0.4) is 0 Å². The summed E-state index contributed by atoms with van der Waals surface area (Å²) >= 11 is 0. The lowest BCUT2D eigenvalue weighted by molar-refractivity contribution is -0.316. The Labute approximate surface area is 172 Å². The van der Waals surface area contributed by atoms with Crippen LogP contribution in [-0.4, -0.2) is 44.4 Å². The molecule has 0 bridgehead atoms. The highest BCUT2D eigenvalue weighted by Crippen LogP contribution is 2.32. The third kappa shape index (κ3) is 5.87. The van der Waals surface area contributed by atoms with E-state index in [0.29, 0.717) is 13.0 Å². The van der Waals surface area contributed by atoms with E-state index >= 15 is 0 Å². The van der Waals surface area contributed by atoms with Crippen LogP contribution in [0.1, 0.15) is 25.8 Å². The van der Waals surface area contributed by atoms with Crippen LogP contribution < -0.4 is 20.1 Å². The fraction of sp³-hybridized carbons (Fsp3) is 0.435. The molecule has 0 radical (unpaired) electrons. The molecule has 2 unspecified atom stereocenters. The summed E-state index contributed by atoms with van der Waals surface area (Å²) in [5.74, 6) is -0.218. The van der Waals surface area contributed by atoms with E-state index in [-0.39, 0.29) is 6.10 Å². The van der Waals surface area contributed by atoms with E-state index in [1.54, 1.807) is 6.92 Å². The lowest BCUT2D eigenvalue weighted by Gasteiger charge is -2.35. The van der Waals surface area contributed by atoms with E-state index < -0.39 is 12.1 Å². The number of aliphatic carboxylic acids is 1. The molecule has 0 spiro atoms. The summed E-state index contributed by atoms with van der Waals surface area (Å²) in [6.45, 7) is 6.93. The van der Waals surface area contributed by atoms with Gasteiger partial charge in [-0.25, -0.2) is 0 Å². The predicted octanol–water partition coefficient (Wildman–Crippen LogP) is 2.47. The highest BCUT2D eigenvalue weighted by molar-refractivity contribution is 5.70. The van der Waals surface area contributed by atoms with Crippen LogP contribution in [0.2, 0.25) is 0 Å². The predicted molar refractivity (Wildman–Crippen MR) is 112 cm³/mol. The van der Waals surface area contributed by atoms with Crippen LogP contribution in [0.15, 0.2) is 48.5 Å². The average Bonchev–Trinajstić information content (AvgIpc) is 2.71. The number of benzene rings is 2. The molecule has 1 aliphatic heterocycles. The minimum absolute atomic E-state index is 0.187. The minimum atomic E-state index is -1.17. The molecule has 29 heavy (non-hydrogen) atoms. The number of hydrogen-bond acceptors (Lipinski definition) is 6. The molecule has 156 valence electrons. The number of carbonyl (C=O) groups is 1. The van der Waals surface area contributed by atoms with E-state index in [0.717, 1.165) is 48.7 Å². The number of para-hydroxylation sites is 2. The van der Waals surface area contributed by atoms with Crippen molar-refractivity contribution in [3.05, 3.63) is 54.1 Å². The number of carboxylic acid groups (broad SMARTS) is 1. The van der Waals surface area contributed by atoms with Gasteiger partial charge in [-0.2, -0.15) is 0 Å². The molecule has 2 aromatic rings. The second kappa shape index (κ2) is 10.2. The van der Waals surface area contributed by atoms with Gasteiger partial charge in [0.1, 0.15) is 18.0 Å². The molecule has 2 atom stereocenters. The third-order valence-electron chi connectivity index (χ3n) is 4.95. The van der Waals surface area contributed by atoms with Crippen LogP contribution in [0.5, 0.6) is 5.75 Å². The van der Waals surface area contributed by atoms with Gasteiger partial charge in [0, 0.05) is 31.8 Å². The van der Waals surface area contributed by atoms with Gasteiger partial charge in [0.25, 0.3) is 0 Å². The Kier molecular flexibility index (Phi) is 7.36. The number of rotatable bonds is 10. The molecule has 1 aliphatic rings. The lowest BCUT2D eigenvalue weighted by atomic mass is 10.1. The fourth-order valence-corrected chi connectivity index (χ4v) is 3.58. The van der Waals surface area contributed by atoms with Crippen LogP contribution in [0.25, 0.3) is 0 Å². The molecule has 3 rings (SSSR count). The quantitative estimate of drug-likeness (QED) is 0.621. The van der Waals surface area contributed by atoms with Crippen LogP contribution in [0, 0.1) is 0 Å². The first-order valence-electron chi connectivity index (χ1n) is 10.2. The SMILES string of the molecule is CCOC(Cc1ccc(NCCCN2CC(C)Oc3ccccc32)cc1)C(=O)[O-]. The molecule has 1 heterocycles. The Morgan fingerprint density at radius 1 is 1.28 bits per heavy atom. The van der Waals surface area contributed by atoms with E-state index in [9.17, 15) is 9.90 Å². The summed E-state index contributed by atoms with van der Waals surface area (Å²) in [6, 6.07) is 16.0. The smallest absolute Gasteiger partial charge is 0.143 e. The summed E-state index contributed by atoms with van der Waals surface area (Å²) in [5.41, 5.74) is 3.09. The van der Waals surface area contributed by atoms with Crippen molar-refractivity contribution in [2.75, 3.05) is 36.5 Å². The van der Waals surface area contributed by atoms with Gasteiger partial charge in [-0.05, 0) is 50.1 Å². The van der Waals surface area contributed by atoms with Crippen molar-refractivity contribution in [3.8, 4) is 5.75 Å². The van der Waals surface area contributed by atoms with Crippen molar-refractivity contribution in [2.45, 2.75) is 38.9 Å². The molecule has 0 aromatic heterocycles. The van der Waals surface area contributed by atoms with Crippen molar-refractivity contribution in [1.82, 2.24) is 0 Å². The second-order valence-corrected chi connectivity index (χ2v) is 7.29. The molecule has 0 amide bonds. The first-order valence-corrected chi connectivity index (χ1v) is 10.2. The normalized spacial score (nSPS) is 16.6. The van der Waals surface area contributed by atoms with E-state index in [1.807, 2.05) is 42.5 Å². The van der Waals surface area contributed by atoms with Crippen molar-refractivity contribution in [1.29, 1.82) is 0 Å². The standard InChI is InChI=1S/C23H30N2O4/c1-3-28-22(23(26)27)15-18-9-11-19(12-10-18)24-13-6-14-25-16-17(2)29-21-8-5-4-7-20(21)25/h4-5,7-12,17,22,24H,3,6,13-16H2,1-2H3,(H,26,27)/p-1. The molecular formula is C23H29N2O4-. The summed E-state index contributed by atoms with van der Waals surface area (Å²) in [5, 5.41) is 14.5. The zero-order chi connectivity index (χ0) is 20.6. The number of nitrogens with zero attached hydrogens (tertiary/aromatic N) is 1. The number of anilines is 2. The summed E-state index contributed by atoms with van der Waals surface area (Å²) in [6.07, 6.45) is 0.592. The summed E-state index contributed by atoms with van der Waals surface area (Å²) in [7, 11) is 0. The molecule has 0 fully saturated rings. The van der Waals surface area contributed by atoms with Crippen LogP contribution >= 0.6 is 0 Å². The van der Waals surface area contributed by atoms with Crippen molar-refractivity contribution in [2.24, 2.45) is 0 Å². The largest absolute Gasteiger partial charge is 0.547 e. The van der Waals surface area contributed by atoms with Gasteiger partial charge in [0.2, 0.25) is 0 Å². The van der Waals surface area contributed by atoms with Crippen molar-refractivity contribution < 1.29 is 19.4 Å². The van der Waals surface area contributed by atoms with Gasteiger partial charge in [-0.15, -0.1) is 0 Å². The van der Waals surface area contributed by atoms with Gasteiger partial charge in [-0.1, -0.05) is 24.3 Å². The molecule has 2 aromatic carbocycles. The molecule has 0 aliphatic carbocycles. The van der Waals surface area contributed by atoms with Crippen LogP contribution in [-0.2, 0) is 16.0 Å². The zero-order valence-electron chi connectivity index (χ0n) is 17.1.